The van der Waals surface area contributed by atoms with Crippen molar-refractivity contribution in [2.75, 3.05) is 17.9 Å². The molecule has 3 rings (SSSR count). The molecule has 2 aromatic carbocycles. The Balaban J connectivity index is 2.03. The lowest BCUT2D eigenvalue weighted by Gasteiger charge is -2.21. The predicted octanol–water partition coefficient (Wildman–Crippen LogP) is 1.95. The standard InChI is InChI=1S/C17H16N4O4S2/c1-18-16(23)20-15(22)11-21(27(24,25)12-7-3-2-4-8-12)17-19-13-9-5-6-10-14(13)26-17/h2-10H,11H2,1H3,(H2,18,20,22,23). The molecule has 3 aromatic rings. The van der Waals surface area contributed by atoms with Gasteiger partial charge in [0.15, 0.2) is 0 Å². The first-order valence-corrected chi connectivity index (χ1v) is 10.1. The maximum Gasteiger partial charge on any atom is 0.321 e. The molecule has 27 heavy (non-hydrogen) atoms. The van der Waals surface area contributed by atoms with Gasteiger partial charge in [-0.2, -0.15) is 0 Å². The summed E-state index contributed by atoms with van der Waals surface area (Å²) >= 11 is 1.15. The lowest BCUT2D eigenvalue weighted by atomic mass is 10.3. The van der Waals surface area contributed by atoms with Crippen LogP contribution in [0.1, 0.15) is 0 Å². The summed E-state index contributed by atoms with van der Waals surface area (Å²) in [6.07, 6.45) is 0. The number of nitrogens with one attached hydrogen (secondary N) is 2. The maximum atomic E-state index is 13.1. The number of carbonyl (C=O) groups excluding carboxylic acids is 2. The summed E-state index contributed by atoms with van der Waals surface area (Å²) < 4.78 is 27.9. The lowest BCUT2D eigenvalue weighted by molar-refractivity contribution is -0.118. The lowest BCUT2D eigenvalue weighted by Crippen LogP contribution is -2.45. The highest BCUT2D eigenvalue weighted by atomic mass is 32.2. The van der Waals surface area contributed by atoms with Gasteiger partial charge in [0.05, 0.1) is 15.1 Å². The molecule has 0 radical (unpaired) electrons. The fraction of sp³-hybridized carbons (Fsp3) is 0.118. The minimum Gasteiger partial charge on any atom is -0.341 e. The number of carbonyl (C=O) groups is 2. The molecule has 8 nitrogen and oxygen atoms in total. The molecule has 2 N–H and O–H groups in total. The first-order chi connectivity index (χ1) is 12.9. The number of para-hydroxylation sites is 1. The smallest absolute Gasteiger partial charge is 0.321 e. The highest BCUT2D eigenvalue weighted by molar-refractivity contribution is 7.93. The highest BCUT2D eigenvalue weighted by Crippen LogP contribution is 2.31. The minimum absolute atomic E-state index is 0.0250. The number of hydrogen-bond acceptors (Lipinski definition) is 6. The molecule has 0 saturated heterocycles. The van der Waals surface area contributed by atoms with E-state index in [0.29, 0.717) is 5.52 Å². The van der Waals surface area contributed by atoms with E-state index in [9.17, 15) is 18.0 Å². The number of benzene rings is 2. The number of aromatic nitrogens is 1. The van der Waals surface area contributed by atoms with E-state index in [1.165, 1.54) is 19.2 Å². The van der Waals surface area contributed by atoms with Crippen LogP contribution in [0.25, 0.3) is 10.2 Å². The number of thiazole rings is 1. The summed E-state index contributed by atoms with van der Waals surface area (Å²) in [5.41, 5.74) is 0.623. The number of nitrogens with zero attached hydrogens (tertiary/aromatic N) is 2. The molecule has 140 valence electrons. The van der Waals surface area contributed by atoms with Crippen molar-refractivity contribution in [1.29, 1.82) is 0 Å². The summed E-state index contributed by atoms with van der Waals surface area (Å²) in [4.78, 5) is 27.9. The van der Waals surface area contributed by atoms with Crippen LogP contribution >= 0.6 is 11.3 Å². The van der Waals surface area contributed by atoms with Crippen LogP contribution in [0.5, 0.6) is 0 Å². The second-order valence-corrected chi connectivity index (χ2v) is 8.29. The van der Waals surface area contributed by atoms with Crippen molar-refractivity contribution in [3.8, 4) is 0 Å². The molecule has 1 heterocycles. The van der Waals surface area contributed by atoms with E-state index in [0.717, 1.165) is 20.3 Å². The van der Waals surface area contributed by atoms with Gasteiger partial charge in [0.2, 0.25) is 11.0 Å². The SMILES string of the molecule is CNC(=O)NC(=O)CN(c1nc2ccccc2s1)S(=O)(=O)c1ccccc1. The van der Waals surface area contributed by atoms with Crippen molar-refractivity contribution in [2.24, 2.45) is 0 Å². The van der Waals surface area contributed by atoms with E-state index < -0.39 is 28.5 Å². The normalized spacial score (nSPS) is 11.1. The number of fused-ring (bicyclic) bond motifs is 1. The Morgan fingerprint density at radius 1 is 1.07 bits per heavy atom. The molecule has 0 saturated carbocycles. The largest absolute Gasteiger partial charge is 0.341 e. The van der Waals surface area contributed by atoms with E-state index >= 15 is 0 Å². The van der Waals surface area contributed by atoms with Crippen LogP contribution in [0.2, 0.25) is 0 Å². The Labute approximate surface area is 159 Å². The molecule has 10 heteroatoms. The fourth-order valence-electron chi connectivity index (χ4n) is 2.30. The number of hydrogen-bond donors (Lipinski definition) is 2. The molecule has 0 aliphatic carbocycles. The van der Waals surface area contributed by atoms with Crippen LogP contribution in [0, 0.1) is 0 Å². The van der Waals surface area contributed by atoms with Crippen molar-refractivity contribution in [3.63, 3.8) is 0 Å². The van der Waals surface area contributed by atoms with Gasteiger partial charge in [0.25, 0.3) is 10.0 Å². The summed E-state index contributed by atoms with van der Waals surface area (Å²) in [6, 6.07) is 14.2. The van der Waals surface area contributed by atoms with E-state index in [-0.39, 0.29) is 10.0 Å². The third-order valence-electron chi connectivity index (χ3n) is 3.59. The van der Waals surface area contributed by atoms with Gasteiger partial charge in [0.1, 0.15) is 6.54 Å². The van der Waals surface area contributed by atoms with Crippen molar-refractivity contribution in [3.05, 3.63) is 54.6 Å². The Hall–Kier alpha value is -2.98. The van der Waals surface area contributed by atoms with Gasteiger partial charge in [-0.15, -0.1) is 0 Å². The molecular weight excluding hydrogens is 388 g/mol. The first-order valence-electron chi connectivity index (χ1n) is 7.87. The summed E-state index contributed by atoms with van der Waals surface area (Å²) in [7, 11) is -2.69. The van der Waals surface area contributed by atoms with E-state index in [1.54, 1.807) is 30.3 Å². The van der Waals surface area contributed by atoms with E-state index in [4.69, 9.17) is 0 Å². The number of amides is 3. The van der Waals surface area contributed by atoms with E-state index in [2.05, 4.69) is 15.6 Å². The van der Waals surface area contributed by atoms with Gasteiger partial charge in [-0.3, -0.25) is 10.1 Å². The quantitative estimate of drug-likeness (QED) is 0.676. The van der Waals surface area contributed by atoms with E-state index in [1.807, 2.05) is 12.1 Å². The number of rotatable bonds is 5. The molecule has 0 aliphatic rings. The second-order valence-electron chi connectivity index (χ2n) is 5.42. The number of anilines is 1. The highest BCUT2D eigenvalue weighted by Gasteiger charge is 2.30. The monoisotopic (exact) mass is 404 g/mol. The topological polar surface area (TPSA) is 108 Å². The molecule has 1 aromatic heterocycles. The van der Waals surface area contributed by atoms with Gasteiger partial charge >= 0.3 is 6.03 Å². The molecular formula is C17H16N4O4S2. The Bertz CT molecular complexity index is 1050. The van der Waals surface area contributed by atoms with Crippen LogP contribution < -0.4 is 14.9 Å². The molecule has 0 aliphatic heterocycles. The summed E-state index contributed by atoms with van der Waals surface area (Å²) in [5, 5.41) is 4.46. The average Bonchev–Trinajstić information content (AvgIpc) is 3.10. The third kappa shape index (κ3) is 4.07. The molecule has 0 fully saturated rings. The van der Waals surface area contributed by atoms with Crippen LogP contribution in [-0.2, 0) is 14.8 Å². The predicted molar refractivity (Wildman–Crippen MR) is 103 cm³/mol. The zero-order valence-electron chi connectivity index (χ0n) is 14.2. The molecule has 0 unspecified atom stereocenters. The summed E-state index contributed by atoms with van der Waals surface area (Å²) in [5.74, 6) is -0.770. The van der Waals surface area contributed by atoms with Gasteiger partial charge in [-0.1, -0.05) is 41.7 Å². The molecule has 0 spiro atoms. The number of imide groups is 1. The van der Waals surface area contributed by atoms with Crippen molar-refractivity contribution in [1.82, 2.24) is 15.6 Å². The first kappa shape index (κ1) is 18.8. The van der Waals surface area contributed by atoms with Crippen LogP contribution in [-0.4, -0.2) is 38.9 Å². The molecule has 3 amide bonds. The second kappa shape index (κ2) is 7.72. The van der Waals surface area contributed by atoms with Gasteiger partial charge < -0.3 is 5.32 Å². The van der Waals surface area contributed by atoms with Crippen molar-refractivity contribution in [2.45, 2.75) is 4.90 Å². The zero-order valence-corrected chi connectivity index (χ0v) is 15.9. The van der Waals surface area contributed by atoms with Gasteiger partial charge in [-0.05, 0) is 24.3 Å². The summed E-state index contributed by atoms with van der Waals surface area (Å²) in [6.45, 7) is -0.579. The third-order valence-corrected chi connectivity index (χ3v) is 6.52. The van der Waals surface area contributed by atoms with Crippen LogP contribution in [0.15, 0.2) is 59.5 Å². The van der Waals surface area contributed by atoms with Crippen LogP contribution in [0.4, 0.5) is 9.93 Å². The Morgan fingerprint density at radius 2 is 1.74 bits per heavy atom. The Kier molecular flexibility index (Phi) is 5.38. The minimum atomic E-state index is -4.05. The Morgan fingerprint density at radius 3 is 2.41 bits per heavy atom. The molecule has 0 atom stereocenters. The zero-order chi connectivity index (χ0) is 19.4. The number of urea groups is 1. The van der Waals surface area contributed by atoms with Crippen molar-refractivity contribution >= 4 is 48.6 Å². The van der Waals surface area contributed by atoms with Gasteiger partial charge in [0, 0.05) is 7.05 Å². The van der Waals surface area contributed by atoms with Crippen molar-refractivity contribution < 1.29 is 18.0 Å². The number of sulfonamides is 1. The van der Waals surface area contributed by atoms with Gasteiger partial charge in [-0.25, -0.2) is 22.5 Å². The molecule has 0 bridgehead atoms. The average molecular weight is 404 g/mol. The maximum absolute atomic E-state index is 13.1. The van der Waals surface area contributed by atoms with Crippen LogP contribution in [0.3, 0.4) is 0 Å². The fourth-order valence-corrected chi connectivity index (χ4v) is 4.87.